The fourth-order valence-electron chi connectivity index (χ4n) is 2.47. The summed E-state index contributed by atoms with van der Waals surface area (Å²) < 4.78 is 30.5. The normalized spacial score (nSPS) is 17.1. The predicted octanol–water partition coefficient (Wildman–Crippen LogP) is 2.78. The van der Waals surface area contributed by atoms with E-state index in [1.54, 1.807) is 24.8 Å². The highest BCUT2D eigenvalue weighted by Gasteiger charge is 2.33. The predicted molar refractivity (Wildman–Crippen MR) is 94.3 cm³/mol. The van der Waals surface area contributed by atoms with Gasteiger partial charge in [0.25, 0.3) is 11.8 Å². The number of hydrogen-bond acceptors (Lipinski definition) is 5. The van der Waals surface area contributed by atoms with Crippen molar-refractivity contribution in [1.29, 1.82) is 0 Å². The Balaban J connectivity index is 2.14. The van der Waals surface area contributed by atoms with E-state index in [0.29, 0.717) is 22.4 Å². The fourth-order valence-corrected chi connectivity index (χ4v) is 2.69. The van der Waals surface area contributed by atoms with Crippen LogP contribution in [0.5, 0.6) is 0 Å². The monoisotopic (exact) mass is 386 g/mol. The summed E-state index contributed by atoms with van der Waals surface area (Å²) >= 11 is 6.04. The number of amides is 1. The van der Waals surface area contributed by atoms with Gasteiger partial charge in [0.05, 0.1) is 12.6 Å². The fraction of sp³-hybridized carbons (Fsp3) is 0.412. The summed E-state index contributed by atoms with van der Waals surface area (Å²) in [4.78, 5) is 18.1. The molecule has 142 valence electrons. The largest absolute Gasteiger partial charge is 0.473 e. The number of aromatic nitrogens is 1. The molecule has 26 heavy (non-hydrogen) atoms. The van der Waals surface area contributed by atoms with Crippen molar-refractivity contribution in [3.05, 3.63) is 51.8 Å². The number of pyridine rings is 1. The lowest BCUT2D eigenvalue weighted by Crippen LogP contribution is -2.37. The molecule has 1 unspecified atom stereocenters. The van der Waals surface area contributed by atoms with Gasteiger partial charge in [-0.2, -0.15) is 0 Å². The molecule has 2 heterocycles. The van der Waals surface area contributed by atoms with Gasteiger partial charge in [-0.25, -0.2) is 13.8 Å². The molecular formula is C17H21ClF2N4O2. The van der Waals surface area contributed by atoms with Gasteiger partial charge in [0, 0.05) is 35.5 Å². The molecule has 0 fully saturated rings. The van der Waals surface area contributed by atoms with E-state index in [2.05, 4.69) is 4.98 Å². The third-order valence-corrected chi connectivity index (χ3v) is 4.35. The second-order valence-electron chi connectivity index (χ2n) is 6.29. The molecule has 0 saturated carbocycles. The van der Waals surface area contributed by atoms with E-state index in [4.69, 9.17) is 27.8 Å². The van der Waals surface area contributed by atoms with Crippen LogP contribution in [0.1, 0.15) is 36.7 Å². The Kier molecular flexibility index (Phi) is 5.75. The van der Waals surface area contributed by atoms with Crippen molar-refractivity contribution in [3.8, 4) is 0 Å². The summed E-state index contributed by atoms with van der Waals surface area (Å²) in [6.45, 7) is 3.53. The van der Waals surface area contributed by atoms with Gasteiger partial charge in [0.15, 0.2) is 12.5 Å². The van der Waals surface area contributed by atoms with Gasteiger partial charge in [-0.15, -0.1) is 0 Å². The number of carbonyl (C=O) groups is 1. The average molecular weight is 387 g/mol. The van der Waals surface area contributed by atoms with Crippen LogP contribution in [-0.4, -0.2) is 34.4 Å². The number of fused-ring (bicyclic) bond motifs is 1. The van der Waals surface area contributed by atoms with Crippen molar-refractivity contribution in [2.75, 3.05) is 6.61 Å². The second kappa shape index (κ2) is 7.49. The van der Waals surface area contributed by atoms with E-state index >= 15 is 0 Å². The molecule has 9 heteroatoms. The van der Waals surface area contributed by atoms with Crippen molar-refractivity contribution in [3.63, 3.8) is 0 Å². The number of nitrogens with zero attached hydrogens (tertiary/aromatic N) is 2. The maximum absolute atomic E-state index is 12.8. The molecule has 0 bridgehead atoms. The number of halogens is 3. The van der Waals surface area contributed by atoms with Gasteiger partial charge in [-0.3, -0.25) is 4.79 Å². The first-order valence-electron chi connectivity index (χ1n) is 7.89. The van der Waals surface area contributed by atoms with E-state index < -0.39 is 18.6 Å². The number of allylic oxidation sites excluding steroid dienone is 2. The highest BCUT2D eigenvalue weighted by molar-refractivity contribution is 6.30. The molecule has 0 radical (unpaired) electrons. The topological polar surface area (TPSA) is 94.5 Å². The van der Waals surface area contributed by atoms with Gasteiger partial charge in [-0.1, -0.05) is 11.6 Å². The van der Waals surface area contributed by atoms with Gasteiger partial charge in [-0.05, 0) is 26.0 Å². The molecule has 1 aliphatic rings. The van der Waals surface area contributed by atoms with Crippen LogP contribution in [0.25, 0.3) is 0 Å². The Labute approximate surface area is 155 Å². The van der Waals surface area contributed by atoms with Crippen LogP contribution in [0.4, 0.5) is 8.78 Å². The Bertz CT molecular complexity index is 775. The van der Waals surface area contributed by atoms with Crippen LogP contribution in [0.15, 0.2) is 35.5 Å². The molecule has 1 aromatic rings. The molecule has 4 N–H and O–H groups in total. The maximum Gasteiger partial charge on any atom is 0.278 e. The Morgan fingerprint density at radius 2 is 2.19 bits per heavy atom. The van der Waals surface area contributed by atoms with Crippen LogP contribution >= 0.6 is 11.6 Å². The van der Waals surface area contributed by atoms with Crippen molar-refractivity contribution >= 4 is 17.5 Å². The minimum atomic E-state index is -2.99. The third-order valence-electron chi connectivity index (χ3n) is 4.03. The Morgan fingerprint density at radius 3 is 2.77 bits per heavy atom. The maximum atomic E-state index is 12.8. The lowest BCUT2D eigenvalue weighted by molar-refractivity contribution is -0.0446. The lowest BCUT2D eigenvalue weighted by Gasteiger charge is -2.25. The summed E-state index contributed by atoms with van der Waals surface area (Å²) in [5.41, 5.74) is 13.6. The van der Waals surface area contributed by atoms with Crippen LogP contribution < -0.4 is 11.5 Å². The highest BCUT2D eigenvalue weighted by Crippen LogP contribution is 2.30. The number of ether oxygens (including phenoxy) is 1. The number of carbonyl (C=O) groups excluding carboxylic acids is 1. The minimum absolute atomic E-state index is 0.148. The third kappa shape index (κ3) is 4.43. The van der Waals surface area contributed by atoms with E-state index in [0.717, 1.165) is 6.92 Å². The molecule has 0 spiro atoms. The average Bonchev–Trinajstić information content (AvgIpc) is 2.89. The molecule has 0 aromatic carbocycles. The summed E-state index contributed by atoms with van der Waals surface area (Å²) in [5.74, 6) is -3.34. The molecule has 1 amide bonds. The molecule has 0 saturated heterocycles. The summed E-state index contributed by atoms with van der Waals surface area (Å²) in [6, 6.07) is 1.15. The van der Waals surface area contributed by atoms with E-state index in [1.165, 1.54) is 12.3 Å². The number of alkyl halides is 2. The number of hydrogen-bond donors (Lipinski definition) is 2. The van der Waals surface area contributed by atoms with Crippen molar-refractivity contribution in [2.45, 2.75) is 39.3 Å². The standard InChI is InChI=1S/C17H21ClF2N4O2/c1-9(15(22)26-8-17(3,19)20)6-13(21)10(2)24-7-12-11(16(24)25)4-5-23-14(12)18/h4-6,10H,7-8,21-22H2,1-3H3/b13-6-,15-9+. The Hall–Kier alpha value is -2.35. The van der Waals surface area contributed by atoms with Crippen molar-refractivity contribution in [1.82, 2.24) is 9.88 Å². The molecule has 0 aliphatic carbocycles. The van der Waals surface area contributed by atoms with Crippen LogP contribution in [-0.2, 0) is 11.3 Å². The zero-order chi connectivity index (χ0) is 19.6. The van der Waals surface area contributed by atoms with Crippen LogP contribution in [0.2, 0.25) is 5.15 Å². The number of rotatable bonds is 6. The quantitative estimate of drug-likeness (QED) is 0.445. The van der Waals surface area contributed by atoms with Gasteiger partial charge >= 0.3 is 0 Å². The Morgan fingerprint density at radius 1 is 1.54 bits per heavy atom. The van der Waals surface area contributed by atoms with Crippen molar-refractivity contribution < 1.29 is 18.3 Å². The van der Waals surface area contributed by atoms with E-state index in [-0.39, 0.29) is 23.5 Å². The molecular weight excluding hydrogens is 366 g/mol. The van der Waals surface area contributed by atoms with Gasteiger partial charge in [0.2, 0.25) is 0 Å². The lowest BCUT2D eigenvalue weighted by atomic mass is 10.1. The zero-order valence-corrected chi connectivity index (χ0v) is 15.5. The van der Waals surface area contributed by atoms with Gasteiger partial charge < -0.3 is 21.1 Å². The van der Waals surface area contributed by atoms with Crippen LogP contribution in [0, 0.1) is 0 Å². The van der Waals surface area contributed by atoms with E-state index in [1.807, 2.05) is 0 Å². The number of nitrogens with two attached hydrogens (primary N) is 2. The smallest absolute Gasteiger partial charge is 0.278 e. The SMILES string of the molecule is CC(/C=C(\N)C(C)N1Cc2c(ccnc2Cl)C1=O)=C(/N)OCC(C)(F)F. The molecule has 2 rings (SSSR count). The van der Waals surface area contributed by atoms with Gasteiger partial charge in [0.1, 0.15) is 5.15 Å². The van der Waals surface area contributed by atoms with E-state index in [9.17, 15) is 13.6 Å². The van der Waals surface area contributed by atoms with Crippen molar-refractivity contribution in [2.24, 2.45) is 11.5 Å². The first kappa shape index (κ1) is 20.0. The van der Waals surface area contributed by atoms with Crippen LogP contribution in [0.3, 0.4) is 0 Å². The minimum Gasteiger partial charge on any atom is -0.473 e. The first-order valence-corrected chi connectivity index (χ1v) is 8.27. The highest BCUT2D eigenvalue weighted by atomic mass is 35.5. The molecule has 1 aromatic heterocycles. The summed E-state index contributed by atoms with van der Waals surface area (Å²) in [6.07, 6.45) is 2.98. The molecule has 6 nitrogen and oxygen atoms in total. The molecule has 1 aliphatic heterocycles. The summed E-state index contributed by atoms with van der Waals surface area (Å²) in [7, 11) is 0. The first-order chi connectivity index (χ1) is 12.0. The second-order valence-corrected chi connectivity index (χ2v) is 6.65. The summed E-state index contributed by atoms with van der Waals surface area (Å²) in [5, 5.41) is 0.280. The zero-order valence-electron chi connectivity index (χ0n) is 14.7. The molecule has 1 atom stereocenters.